The lowest BCUT2D eigenvalue weighted by Gasteiger charge is -2.15. The maximum Gasteiger partial charge on any atom is 0.251 e. The van der Waals surface area contributed by atoms with Gasteiger partial charge in [0.25, 0.3) is 5.91 Å². The summed E-state index contributed by atoms with van der Waals surface area (Å²) in [6.07, 6.45) is 3.77. The van der Waals surface area contributed by atoms with E-state index >= 15 is 0 Å². The Labute approximate surface area is 152 Å². The number of furan rings is 1. The maximum absolute atomic E-state index is 12.3. The van der Waals surface area contributed by atoms with Gasteiger partial charge >= 0.3 is 0 Å². The highest BCUT2D eigenvalue weighted by molar-refractivity contribution is 6.01. The van der Waals surface area contributed by atoms with E-state index in [1.807, 2.05) is 19.1 Å². The fraction of sp³-hybridized carbons (Fsp3) is 0.350. The Balaban J connectivity index is 1.51. The average molecular weight is 354 g/mol. The van der Waals surface area contributed by atoms with Crippen LogP contribution < -0.4 is 5.32 Å². The van der Waals surface area contributed by atoms with E-state index in [2.05, 4.69) is 5.32 Å². The van der Waals surface area contributed by atoms with Crippen molar-refractivity contribution >= 4 is 17.7 Å². The molecule has 1 aliphatic rings. The molecule has 0 radical (unpaired) electrons. The largest absolute Gasteiger partial charge is 0.469 e. The second kappa shape index (κ2) is 7.99. The van der Waals surface area contributed by atoms with Gasteiger partial charge in [-0.2, -0.15) is 0 Å². The minimum Gasteiger partial charge on any atom is -0.469 e. The predicted molar refractivity (Wildman–Crippen MR) is 95.2 cm³/mol. The summed E-state index contributed by atoms with van der Waals surface area (Å²) < 4.78 is 5.29. The van der Waals surface area contributed by atoms with Crippen LogP contribution in [0.5, 0.6) is 0 Å². The SMILES string of the molecule is C[C@@H](CCc1ccco1)NC(=O)c1ccc(CN2C(=O)CCC2=O)cc1. The Morgan fingerprint density at radius 2 is 1.85 bits per heavy atom. The molecule has 3 rings (SSSR count). The van der Waals surface area contributed by atoms with E-state index in [0.717, 1.165) is 24.2 Å². The van der Waals surface area contributed by atoms with Crippen molar-refractivity contribution in [2.45, 2.75) is 45.2 Å². The van der Waals surface area contributed by atoms with E-state index in [-0.39, 0.29) is 43.1 Å². The Morgan fingerprint density at radius 1 is 1.15 bits per heavy atom. The summed E-state index contributed by atoms with van der Waals surface area (Å²) in [5.41, 5.74) is 1.38. The molecular formula is C20H22N2O4. The lowest BCUT2D eigenvalue weighted by molar-refractivity contribution is -0.139. The van der Waals surface area contributed by atoms with Crippen molar-refractivity contribution in [1.29, 1.82) is 0 Å². The third-order valence-corrected chi connectivity index (χ3v) is 4.49. The van der Waals surface area contributed by atoms with Gasteiger partial charge in [-0.05, 0) is 43.2 Å². The van der Waals surface area contributed by atoms with Crippen molar-refractivity contribution in [2.75, 3.05) is 0 Å². The van der Waals surface area contributed by atoms with Gasteiger partial charge in [-0.15, -0.1) is 0 Å². The lowest BCUT2D eigenvalue weighted by atomic mass is 10.1. The number of hydrogen-bond donors (Lipinski definition) is 1. The van der Waals surface area contributed by atoms with Crippen molar-refractivity contribution in [3.05, 3.63) is 59.5 Å². The highest BCUT2D eigenvalue weighted by Gasteiger charge is 2.28. The van der Waals surface area contributed by atoms with Crippen LogP contribution in [0.25, 0.3) is 0 Å². The Kier molecular flexibility index (Phi) is 5.51. The van der Waals surface area contributed by atoms with E-state index < -0.39 is 0 Å². The molecule has 1 aromatic heterocycles. The molecule has 0 saturated carbocycles. The molecule has 1 atom stereocenters. The number of aryl methyl sites for hydroxylation is 1. The highest BCUT2D eigenvalue weighted by atomic mass is 16.3. The number of nitrogens with one attached hydrogen (secondary N) is 1. The fourth-order valence-corrected chi connectivity index (χ4v) is 2.94. The number of amides is 3. The topological polar surface area (TPSA) is 79.6 Å². The molecule has 6 heteroatoms. The van der Waals surface area contributed by atoms with E-state index in [9.17, 15) is 14.4 Å². The number of benzene rings is 1. The van der Waals surface area contributed by atoms with Crippen LogP contribution in [0, 0.1) is 0 Å². The molecule has 3 amide bonds. The zero-order valence-electron chi connectivity index (χ0n) is 14.7. The molecular weight excluding hydrogens is 332 g/mol. The number of likely N-dealkylation sites (tertiary alicyclic amines) is 1. The molecule has 26 heavy (non-hydrogen) atoms. The summed E-state index contributed by atoms with van der Waals surface area (Å²) in [6.45, 7) is 2.22. The van der Waals surface area contributed by atoms with E-state index in [4.69, 9.17) is 4.42 Å². The molecule has 1 saturated heterocycles. The number of carbonyl (C=O) groups excluding carboxylic acids is 3. The maximum atomic E-state index is 12.3. The van der Waals surface area contributed by atoms with Crippen LogP contribution >= 0.6 is 0 Å². The molecule has 0 spiro atoms. The number of hydrogen-bond acceptors (Lipinski definition) is 4. The monoisotopic (exact) mass is 354 g/mol. The predicted octanol–water partition coefficient (Wildman–Crippen LogP) is 2.68. The highest BCUT2D eigenvalue weighted by Crippen LogP contribution is 2.16. The van der Waals surface area contributed by atoms with Crippen molar-refractivity contribution in [3.8, 4) is 0 Å². The zero-order chi connectivity index (χ0) is 18.5. The summed E-state index contributed by atoms with van der Waals surface area (Å²) in [5.74, 6) is 0.489. The van der Waals surface area contributed by atoms with Crippen LogP contribution in [0.15, 0.2) is 47.1 Å². The number of imide groups is 1. The quantitative estimate of drug-likeness (QED) is 0.775. The normalized spacial score (nSPS) is 15.3. The number of carbonyl (C=O) groups is 3. The van der Waals surface area contributed by atoms with Crippen LogP contribution in [0.1, 0.15) is 47.9 Å². The molecule has 1 fully saturated rings. The molecule has 6 nitrogen and oxygen atoms in total. The Bertz CT molecular complexity index is 765. The Morgan fingerprint density at radius 3 is 2.46 bits per heavy atom. The minimum atomic E-state index is -0.142. The molecule has 0 bridgehead atoms. The van der Waals surface area contributed by atoms with Gasteiger partial charge in [-0.3, -0.25) is 19.3 Å². The lowest BCUT2D eigenvalue weighted by Crippen LogP contribution is -2.33. The fourth-order valence-electron chi connectivity index (χ4n) is 2.94. The van der Waals surface area contributed by atoms with Gasteiger partial charge in [0.2, 0.25) is 11.8 Å². The van der Waals surface area contributed by atoms with Crippen molar-refractivity contribution < 1.29 is 18.8 Å². The molecule has 0 unspecified atom stereocenters. The Hall–Kier alpha value is -2.89. The molecule has 2 aromatic rings. The first-order valence-electron chi connectivity index (χ1n) is 8.78. The molecule has 2 heterocycles. The van der Waals surface area contributed by atoms with Crippen molar-refractivity contribution in [3.63, 3.8) is 0 Å². The van der Waals surface area contributed by atoms with Gasteiger partial charge in [0.1, 0.15) is 5.76 Å². The summed E-state index contributed by atoms with van der Waals surface area (Å²) in [5, 5.41) is 2.97. The van der Waals surface area contributed by atoms with Crippen molar-refractivity contribution in [1.82, 2.24) is 10.2 Å². The van der Waals surface area contributed by atoms with Crippen LogP contribution in [0.2, 0.25) is 0 Å². The molecule has 0 aliphatic carbocycles. The molecule has 136 valence electrons. The first-order chi connectivity index (χ1) is 12.5. The second-order valence-electron chi connectivity index (χ2n) is 6.56. The third-order valence-electron chi connectivity index (χ3n) is 4.49. The summed E-state index contributed by atoms with van der Waals surface area (Å²) >= 11 is 0. The first-order valence-corrected chi connectivity index (χ1v) is 8.78. The van der Waals surface area contributed by atoms with Gasteiger partial charge in [-0.25, -0.2) is 0 Å². The van der Waals surface area contributed by atoms with Gasteiger partial charge in [0.15, 0.2) is 0 Å². The minimum absolute atomic E-state index is 0.0205. The van der Waals surface area contributed by atoms with Crippen LogP contribution in [0.3, 0.4) is 0 Å². The van der Waals surface area contributed by atoms with Gasteiger partial charge < -0.3 is 9.73 Å². The summed E-state index contributed by atoms with van der Waals surface area (Å²) in [6, 6.07) is 10.8. The van der Waals surface area contributed by atoms with E-state index in [1.54, 1.807) is 30.5 Å². The molecule has 1 aromatic carbocycles. The van der Waals surface area contributed by atoms with Crippen LogP contribution in [0.4, 0.5) is 0 Å². The van der Waals surface area contributed by atoms with Gasteiger partial charge in [-0.1, -0.05) is 12.1 Å². The van der Waals surface area contributed by atoms with Crippen molar-refractivity contribution in [2.24, 2.45) is 0 Å². The smallest absolute Gasteiger partial charge is 0.251 e. The zero-order valence-corrected chi connectivity index (χ0v) is 14.7. The van der Waals surface area contributed by atoms with Crippen LogP contribution in [-0.2, 0) is 22.6 Å². The number of nitrogens with zero attached hydrogens (tertiary/aromatic N) is 1. The molecule has 1 N–H and O–H groups in total. The van der Waals surface area contributed by atoms with Gasteiger partial charge in [0.05, 0.1) is 12.8 Å². The average Bonchev–Trinajstić information content (AvgIpc) is 3.26. The first kappa shape index (κ1) is 17.9. The number of rotatable bonds is 7. The van der Waals surface area contributed by atoms with Gasteiger partial charge in [0, 0.05) is 30.9 Å². The standard InChI is InChI=1S/C20H22N2O4/c1-14(4-9-17-3-2-12-26-17)21-20(25)16-7-5-15(6-8-16)13-22-18(23)10-11-19(22)24/h2-3,5-8,12,14H,4,9-11,13H2,1H3,(H,21,25)/t14-/m0/s1. The van der Waals surface area contributed by atoms with E-state index in [0.29, 0.717) is 5.56 Å². The molecule has 1 aliphatic heterocycles. The van der Waals surface area contributed by atoms with Crippen LogP contribution in [-0.4, -0.2) is 28.7 Å². The second-order valence-corrected chi connectivity index (χ2v) is 6.56. The third kappa shape index (κ3) is 4.39. The summed E-state index contributed by atoms with van der Waals surface area (Å²) in [4.78, 5) is 36.9. The van der Waals surface area contributed by atoms with E-state index in [1.165, 1.54) is 4.90 Å². The summed E-state index contributed by atoms with van der Waals surface area (Å²) in [7, 11) is 0.